The molecule has 1 amide bonds. The third kappa shape index (κ3) is 6.73. The van der Waals surface area contributed by atoms with Crippen molar-refractivity contribution in [3.63, 3.8) is 0 Å². The zero-order valence-electron chi connectivity index (χ0n) is 16.5. The Morgan fingerprint density at radius 1 is 0.897 bits per heavy atom. The van der Waals surface area contributed by atoms with Gasteiger partial charge in [-0.15, -0.1) is 0 Å². The number of carboxylic acids is 2. The molecule has 7 heteroatoms. The van der Waals surface area contributed by atoms with Gasteiger partial charge in [-0.05, 0) is 42.2 Å². The second-order valence-corrected chi connectivity index (χ2v) is 7.26. The minimum atomic E-state index is -1.06. The van der Waals surface area contributed by atoms with E-state index < -0.39 is 23.9 Å². The largest absolute Gasteiger partial charge is 0.481 e. The van der Waals surface area contributed by atoms with Crippen molar-refractivity contribution in [1.82, 2.24) is 5.32 Å². The first-order valence-electron chi connectivity index (χ1n) is 9.43. The van der Waals surface area contributed by atoms with Crippen LogP contribution in [0.4, 0.5) is 5.69 Å². The van der Waals surface area contributed by atoms with Crippen LogP contribution in [0.5, 0.6) is 0 Å². The fourth-order valence-electron chi connectivity index (χ4n) is 2.94. The molecule has 0 aliphatic heterocycles. The van der Waals surface area contributed by atoms with Gasteiger partial charge in [-0.25, -0.2) is 0 Å². The summed E-state index contributed by atoms with van der Waals surface area (Å²) >= 11 is 0. The van der Waals surface area contributed by atoms with E-state index in [9.17, 15) is 24.6 Å². The Morgan fingerprint density at radius 3 is 2.03 bits per heavy atom. The van der Waals surface area contributed by atoms with Crippen molar-refractivity contribution in [3.8, 4) is 0 Å². The fourth-order valence-corrected chi connectivity index (χ4v) is 2.94. The van der Waals surface area contributed by atoms with Crippen LogP contribution in [-0.2, 0) is 9.59 Å². The van der Waals surface area contributed by atoms with E-state index in [2.05, 4.69) is 10.6 Å². The summed E-state index contributed by atoms with van der Waals surface area (Å²) in [6.07, 6.45) is 0.403. The molecule has 0 saturated carbocycles. The third-order valence-electron chi connectivity index (χ3n) is 4.48. The number of carbonyl (C=O) groups is 3. The molecule has 0 saturated heterocycles. The van der Waals surface area contributed by atoms with Gasteiger partial charge in [-0.2, -0.15) is 0 Å². The second-order valence-electron chi connectivity index (χ2n) is 7.26. The normalized spacial score (nSPS) is 12.9. The summed E-state index contributed by atoms with van der Waals surface area (Å²) in [6, 6.07) is 14.5. The molecule has 0 aromatic heterocycles. The van der Waals surface area contributed by atoms with Gasteiger partial charge in [0, 0.05) is 17.8 Å². The van der Waals surface area contributed by atoms with Crippen LogP contribution in [0.25, 0.3) is 0 Å². The maximum atomic E-state index is 12.3. The molecule has 0 aliphatic carbocycles. The minimum Gasteiger partial charge on any atom is -0.481 e. The quantitative estimate of drug-likeness (QED) is 0.488. The minimum absolute atomic E-state index is 0.0193. The highest BCUT2D eigenvalue weighted by Gasteiger charge is 2.24. The maximum absolute atomic E-state index is 12.3. The molecule has 2 atom stereocenters. The molecule has 4 N–H and O–H groups in total. The number of amides is 1. The Kier molecular flexibility index (Phi) is 7.91. The van der Waals surface area contributed by atoms with Crippen molar-refractivity contribution >= 4 is 23.5 Å². The lowest BCUT2D eigenvalue weighted by Gasteiger charge is -2.20. The number of benzene rings is 2. The summed E-state index contributed by atoms with van der Waals surface area (Å²) in [5.74, 6) is -3.12. The molecule has 0 heterocycles. The molecule has 0 aliphatic rings. The monoisotopic (exact) mass is 398 g/mol. The summed E-state index contributed by atoms with van der Waals surface area (Å²) in [5.41, 5.74) is 1.56. The highest BCUT2D eigenvalue weighted by Crippen LogP contribution is 2.18. The van der Waals surface area contributed by atoms with Gasteiger partial charge < -0.3 is 20.8 Å². The standard InChI is InChI=1S/C22H26N2O5/c1-14(2)12-19(22(28)29)23-13-18(21(26)27)15-8-10-16(11-9-15)20(25)24-17-6-4-3-5-7-17/h3-11,14,18-19,23H,12-13H2,1-2H3,(H,24,25)(H,26,27)(H,28,29). The number of hydrogen-bond donors (Lipinski definition) is 4. The molecular weight excluding hydrogens is 372 g/mol. The molecule has 7 nitrogen and oxygen atoms in total. The van der Waals surface area contributed by atoms with E-state index in [1.165, 1.54) is 0 Å². The number of para-hydroxylation sites is 1. The topological polar surface area (TPSA) is 116 Å². The summed E-state index contributed by atoms with van der Waals surface area (Å²) in [7, 11) is 0. The van der Waals surface area contributed by atoms with Crippen LogP contribution in [0.2, 0.25) is 0 Å². The second kappa shape index (κ2) is 10.4. The van der Waals surface area contributed by atoms with Gasteiger partial charge >= 0.3 is 11.9 Å². The van der Waals surface area contributed by atoms with Crippen LogP contribution in [0.15, 0.2) is 54.6 Å². The Morgan fingerprint density at radius 2 is 1.52 bits per heavy atom. The van der Waals surface area contributed by atoms with Gasteiger partial charge in [0.15, 0.2) is 0 Å². The van der Waals surface area contributed by atoms with E-state index >= 15 is 0 Å². The number of nitrogens with one attached hydrogen (secondary N) is 2. The molecule has 0 bridgehead atoms. The Hall–Kier alpha value is -3.19. The molecule has 2 aromatic rings. The molecule has 0 radical (unpaired) electrons. The number of hydrogen-bond acceptors (Lipinski definition) is 4. The van der Waals surface area contributed by atoms with Crippen LogP contribution < -0.4 is 10.6 Å². The highest BCUT2D eigenvalue weighted by molar-refractivity contribution is 6.04. The van der Waals surface area contributed by atoms with Crippen molar-refractivity contribution < 1.29 is 24.6 Å². The Labute approximate surface area is 169 Å². The van der Waals surface area contributed by atoms with Crippen molar-refractivity contribution in [3.05, 3.63) is 65.7 Å². The van der Waals surface area contributed by atoms with Crippen LogP contribution >= 0.6 is 0 Å². The van der Waals surface area contributed by atoms with E-state index in [-0.39, 0.29) is 18.4 Å². The first-order valence-corrected chi connectivity index (χ1v) is 9.43. The van der Waals surface area contributed by atoms with Gasteiger partial charge in [-0.3, -0.25) is 14.4 Å². The molecule has 0 spiro atoms. The van der Waals surface area contributed by atoms with Crippen molar-refractivity contribution in [1.29, 1.82) is 0 Å². The van der Waals surface area contributed by atoms with Crippen LogP contribution in [-0.4, -0.2) is 40.6 Å². The summed E-state index contributed by atoms with van der Waals surface area (Å²) in [4.78, 5) is 35.4. The van der Waals surface area contributed by atoms with Crippen LogP contribution in [0, 0.1) is 5.92 Å². The predicted octanol–water partition coefficient (Wildman–Crippen LogP) is 3.20. The molecular formula is C22H26N2O5. The molecule has 2 rings (SSSR count). The summed E-state index contributed by atoms with van der Waals surface area (Å²) in [5, 5.41) is 24.5. The lowest BCUT2D eigenvalue weighted by atomic mass is 9.96. The average molecular weight is 398 g/mol. The molecule has 2 unspecified atom stereocenters. The first-order chi connectivity index (χ1) is 13.8. The van der Waals surface area contributed by atoms with Gasteiger partial charge in [0.1, 0.15) is 6.04 Å². The zero-order chi connectivity index (χ0) is 21.4. The van der Waals surface area contributed by atoms with Crippen LogP contribution in [0.1, 0.15) is 42.1 Å². The molecule has 2 aromatic carbocycles. The molecule has 154 valence electrons. The maximum Gasteiger partial charge on any atom is 0.320 e. The van der Waals surface area contributed by atoms with Crippen molar-refractivity contribution in [2.24, 2.45) is 5.92 Å². The number of carbonyl (C=O) groups excluding carboxylic acids is 1. The fraction of sp³-hybridized carbons (Fsp3) is 0.318. The van der Waals surface area contributed by atoms with Crippen molar-refractivity contribution in [2.75, 3.05) is 11.9 Å². The van der Waals surface area contributed by atoms with Gasteiger partial charge in [0.2, 0.25) is 0 Å². The number of aliphatic carboxylic acids is 2. The number of carboxylic acid groups (broad SMARTS) is 2. The Bertz CT molecular complexity index is 834. The van der Waals surface area contributed by atoms with Gasteiger partial charge in [0.05, 0.1) is 5.92 Å². The van der Waals surface area contributed by atoms with E-state index in [4.69, 9.17) is 0 Å². The lowest BCUT2D eigenvalue weighted by molar-refractivity contribution is -0.142. The predicted molar refractivity (Wildman–Crippen MR) is 110 cm³/mol. The number of rotatable bonds is 10. The molecule has 29 heavy (non-hydrogen) atoms. The number of anilines is 1. The zero-order valence-corrected chi connectivity index (χ0v) is 16.5. The van der Waals surface area contributed by atoms with E-state index in [0.29, 0.717) is 23.2 Å². The Balaban J connectivity index is 2.06. The van der Waals surface area contributed by atoms with E-state index in [1.54, 1.807) is 36.4 Å². The summed E-state index contributed by atoms with van der Waals surface area (Å²) in [6.45, 7) is 3.80. The third-order valence-corrected chi connectivity index (χ3v) is 4.48. The van der Waals surface area contributed by atoms with Crippen molar-refractivity contribution in [2.45, 2.75) is 32.2 Å². The SMILES string of the molecule is CC(C)CC(NCC(C(=O)O)c1ccc(C(=O)Nc2ccccc2)cc1)C(=O)O. The van der Waals surface area contributed by atoms with E-state index in [0.717, 1.165) is 0 Å². The smallest absolute Gasteiger partial charge is 0.320 e. The first kappa shape index (κ1) is 22.1. The van der Waals surface area contributed by atoms with Gasteiger partial charge in [-0.1, -0.05) is 44.2 Å². The highest BCUT2D eigenvalue weighted by atomic mass is 16.4. The lowest BCUT2D eigenvalue weighted by Crippen LogP contribution is -2.41. The molecule has 0 fully saturated rings. The average Bonchev–Trinajstić information content (AvgIpc) is 2.67. The summed E-state index contributed by atoms with van der Waals surface area (Å²) < 4.78 is 0. The van der Waals surface area contributed by atoms with E-state index in [1.807, 2.05) is 32.0 Å². The van der Waals surface area contributed by atoms with Gasteiger partial charge in [0.25, 0.3) is 5.91 Å². The van der Waals surface area contributed by atoms with Crippen LogP contribution in [0.3, 0.4) is 0 Å².